The van der Waals surface area contributed by atoms with Gasteiger partial charge in [-0.1, -0.05) is 42.5 Å². The lowest BCUT2D eigenvalue weighted by atomic mass is 9.91. The van der Waals surface area contributed by atoms with Crippen LogP contribution < -0.4 is 4.74 Å². The molecule has 0 fully saturated rings. The van der Waals surface area contributed by atoms with Crippen molar-refractivity contribution in [1.82, 2.24) is 4.90 Å². The van der Waals surface area contributed by atoms with Crippen molar-refractivity contribution in [2.75, 3.05) is 6.54 Å². The molecule has 3 aromatic carbocycles. The highest BCUT2D eigenvalue weighted by molar-refractivity contribution is 5.83. The van der Waals surface area contributed by atoms with Gasteiger partial charge in [-0.3, -0.25) is 9.59 Å². The first-order valence-corrected chi connectivity index (χ1v) is 11.0. The molecule has 0 aliphatic carbocycles. The number of benzene rings is 3. The van der Waals surface area contributed by atoms with Gasteiger partial charge in [0.05, 0.1) is 6.42 Å². The van der Waals surface area contributed by atoms with Crippen molar-refractivity contribution in [1.29, 1.82) is 0 Å². The minimum Gasteiger partial charge on any atom is -0.487 e. The summed E-state index contributed by atoms with van der Waals surface area (Å²) in [5, 5.41) is 9.25. The molecule has 1 aliphatic rings. The van der Waals surface area contributed by atoms with E-state index in [9.17, 15) is 23.5 Å². The predicted octanol–water partition coefficient (Wildman–Crippen LogP) is 4.56. The Hall–Kier alpha value is -3.74. The molecule has 0 bridgehead atoms. The molecule has 1 N–H and O–H groups in total. The molecule has 7 heteroatoms. The number of hydrogen-bond donors (Lipinski definition) is 1. The van der Waals surface area contributed by atoms with Crippen LogP contribution in [-0.4, -0.2) is 34.0 Å². The minimum absolute atomic E-state index is 0.0196. The number of carboxylic acids is 1. The van der Waals surface area contributed by atoms with Gasteiger partial charge in [-0.15, -0.1) is 0 Å². The normalized spacial score (nSPS) is 16.6. The summed E-state index contributed by atoms with van der Waals surface area (Å²) in [4.78, 5) is 25.5. The van der Waals surface area contributed by atoms with Gasteiger partial charge in [-0.2, -0.15) is 0 Å². The molecule has 1 amide bonds. The van der Waals surface area contributed by atoms with E-state index in [0.29, 0.717) is 29.7 Å². The third-order valence-electron chi connectivity index (χ3n) is 5.89. The number of ether oxygens (including phenoxy) is 1. The standard InChI is InChI=1S/C27H25F2NO4/c1-27(14-20-4-2-3-5-23(20)29)15-21-12-19(8-11-24(21)34-27)13-25(31)30(17-26(32)33)16-18-6-9-22(28)10-7-18/h2-12H,13-17H2,1H3,(H,32,33)/t27-/m0/s1. The third-order valence-corrected chi connectivity index (χ3v) is 5.89. The number of amides is 1. The highest BCUT2D eigenvalue weighted by atomic mass is 19.1. The average Bonchev–Trinajstić information content (AvgIpc) is 3.11. The summed E-state index contributed by atoms with van der Waals surface area (Å²) in [6, 6.07) is 17.7. The Morgan fingerprint density at radius 1 is 1.03 bits per heavy atom. The van der Waals surface area contributed by atoms with Crippen molar-refractivity contribution in [3.63, 3.8) is 0 Å². The summed E-state index contributed by atoms with van der Waals surface area (Å²) in [5.74, 6) is -1.44. The fourth-order valence-electron chi connectivity index (χ4n) is 4.32. The van der Waals surface area contributed by atoms with Gasteiger partial charge in [0.2, 0.25) is 5.91 Å². The number of aliphatic carboxylic acids is 1. The molecule has 0 unspecified atom stereocenters. The van der Waals surface area contributed by atoms with Crippen LogP contribution in [0.15, 0.2) is 66.7 Å². The Labute approximate surface area is 196 Å². The number of hydrogen-bond acceptors (Lipinski definition) is 3. The lowest BCUT2D eigenvalue weighted by Gasteiger charge is -2.24. The van der Waals surface area contributed by atoms with E-state index in [4.69, 9.17) is 4.74 Å². The van der Waals surface area contributed by atoms with Crippen molar-refractivity contribution < 1.29 is 28.2 Å². The molecular weight excluding hydrogens is 440 g/mol. The quantitative estimate of drug-likeness (QED) is 0.530. The molecule has 0 radical (unpaired) electrons. The first-order valence-electron chi connectivity index (χ1n) is 11.0. The maximum absolute atomic E-state index is 14.1. The lowest BCUT2D eigenvalue weighted by Crippen LogP contribution is -2.36. The minimum atomic E-state index is -1.12. The topological polar surface area (TPSA) is 66.8 Å². The smallest absolute Gasteiger partial charge is 0.323 e. The van der Waals surface area contributed by atoms with Crippen LogP contribution in [-0.2, 0) is 35.4 Å². The van der Waals surface area contributed by atoms with Crippen LogP contribution in [0.3, 0.4) is 0 Å². The van der Waals surface area contributed by atoms with Crippen LogP contribution >= 0.6 is 0 Å². The fraction of sp³-hybridized carbons (Fsp3) is 0.259. The Morgan fingerprint density at radius 3 is 2.44 bits per heavy atom. The van der Waals surface area contributed by atoms with Crippen LogP contribution in [0.25, 0.3) is 0 Å². The van der Waals surface area contributed by atoms with Crippen LogP contribution in [0.1, 0.15) is 29.2 Å². The number of carboxylic acid groups (broad SMARTS) is 1. The van der Waals surface area contributed by atoms with E-state index in [1.807, 2.05) is 13.0 Å². The van der Waals surface area contributed by atoms with E-state index in [1.54, 1.807) is 30.3 Å². The van der Waals surface area contributed by atoms with E-state index < -0.39 is 23.9 Å². The van der Waals surface area contributed by atoms with Gasteiger partial charge in [-0.25, -0.2) is 8.78 Å². The zero-order valence-electron chi connectivity index (χ0n) is 18.8. The van der Waals surface area contributed by atoms with E-state index in [0.717, 1.165) is 11.1 Å². The molecule has 0 aromatic heterocycles. The van der Waals surface area contributed by atoms with Gasteiger partial charge in [0, 0.05) is 19.4 Å². The largest absolute Gasteiger partial charge is 0.487 e. The molecule has 4 rings (SSSR count). The number of halogens is 2. The van der Waals surface area contributed by atoms with Gasteiger partial charge in [0.1, 0.15) is 29.5 Å². The van der Waals surface area contributed by atoms with Crippen LogP contribution in [0.2, 0.25) is 0 Å². The molecule has 0 spiro atoms. The van der Waals surface area contributed by atoms with E-state index in [-0.39, 0.29) is 24.7 Å². The van der Waals surface area contributed by atoms with Gasteiger partial charge in [0.15, 0.2) is 0 Å². The zero-order chi connectivity index (χ0) is 24.3. The Morgan fingerprint density at radius 2 is 1.74 bits per heavy atom. The Kier molecular flexibility index (Phi) is 6.63. The Bertz CT molecular complexity index is 1210. The van der Waals surface area contributed by atoms with Gasteiger partial charge >= 0.3 is 5.97 Å². The maximum Gasteiger partial charge on any atom is 0.323 e. The van der Waals surface area contributed by atoms with Crippen molar-refractivity contribution in [2.24, 2.45) is 0 Å². The number of rotatable bonds is 8. The summed E-state index contributed by atoms with van der Waals surface area (Å²) in [5.41, 5.74) is 2.27. The van der Waals surface area contributed by atoms with Gasteiger partial charge in [-0.05, 0) is 53.4 Å². The SMILES string of the molecule is C[C@]1(Cc2ccccc2F)Cc2cc(CC(=O)N(CC(=O)O)Cc3ccc(F)cc3)ccc2O1. The second-order valence-corrected chi connectivity index (χ2v) is 8.89. The van der Waals surface area contributed by atoms with E-state index in [1.165, 1.54) is 35.2 Å². The van der Waals surface area contributed by atoms with E-state index in [2.05, 4.69) is 0 Å². The molecule has 1 aliphatic heterocycles. The summed E-state index contributed by atoms with van der Waals surface area (Å²) >= 11 is 0. The van der Waals surface area contributed by atoms with Crippen molar-refractivity contribution in [3.8, 4) is 5.75 Å². The number of carbonyl (C=O) groups excluding carboxylic acids is 1. The second kappa shape index (κ2) is 9.63. The number of carbonyl (C=O) groups is 2. The molecule has 1 heterocycles. The van der Waals surface area contributed by atoms with Crippen LogP contribution in [0, 0.1) is 11.6 Å². The highest BCUT2D eigenvalue weighted by Crippen LogP contribution is 2.38. The van der Waals surface area contributed by atoms with E-state index >= 15 is 0 Å². The van der Waals surface area contributed by atoms with Crippen LogP contribution in [0.5, 0.6) is 5.75 Å². The molecule has 176 valence electrons. The van der Waals surface area contributed by atoms with Crippen molar-refractivity contribution in [2.45, 2.75) is 38.3 Å². The maximum atomic E-state index is 14.1. The molecular formula is C27H25F2NO4. The molecule has 1 atom stereocenters. The summed E-state index contributed by atoms with van der Waals surface area (Å²) in [6.07, 6.45) is 0.992. The van der Waals surface area contributed by atoms with Crippen molar-refractivity contribution >= 4 is 11.9 Å². The first-order chi connectivity index (χ1) is 16.2. The molecule has 3 aromatic rings. The molecule has 0 saturated heterocycles. The first kappa shape index (κ1) is 23.4. The third kappa shape index (κ3) is 5.60. The molecule has 0 saturated carbocycles. The monoisotopic (exact) mass is 465 g/mol. The molecule has 34 heavy (non-hydrogen) atoms. The lowest BCUT2D eigenvalue weighted by molar-refractivity contribution is -0.144. The summed E-state index contributed by atoms with van der Waals surface area (Å²) < 4.78 is 33.4. The predicted molar refractivity (Wildman–Crippen MR) is 122 cm³/mol. The fourth-order valence-corrected chi connectivity index (χ4v) is 4.32. The number of fused-ring (bicyclic) bond motifs is 1. The average molecular weight is 465 g/mol. The zero-order valence-corrected chi connectivity index (χ0v) is 18.8. The second-order valence-electron chi connectivity index (χ2n) is 8.89. The molecule has 5 nitrogen and oxygen atoms in total. The van der Waals surface area contributed by atoms with Gasteiger partial charge in [0.25, 0.3) is 0 Å². The Balaban J connectivity index is 1.46. The summed E-state index contributed by atoms with van der Waals surface area (Å²) in [6.45, 7) is 1.55. The van der Waals surface area contributed by atoms with Crippen LogP contribution in [0.4, 0.5) is 8.78 Å². The highest BCUT2D eigenvalue weighted by Gasteiger charge is 2.35. The summed E-state index contributed by atoms with van der Waals surface area (Å²) in [7, 11) is 0. The van der Waals surface area contributed by atoms with Crippen molar-refractivity contribution in [3.05, 3.63) is 101 Å². The van der Waals surface area contributed by atoms with Gasteiger partial charge < -0.3 is 14.7 Å². The number of nitrogens with zero attached hydrogens (tertiary/aromatic N) is 1.